The van der Waals surface area contributed by atoms with Crippen LogP contribution >= 0.6 is 31.9 Å². The molecule has 0 aliphatic heterocycles. The number of carbonyl (C=O) groups is 1. The van der Waals surface area contributed by atoms with E-state index in [1.807, 2.05) is 60.7 Å². The molecule has 0 aliphatic rings. The van der Waals surface area contributed by atoms with Gasteiger partial charge in [0, 0.05) is 14.5 Å². The molecule has 2 N–H and O–H groups in total. The van der Waals surface area contributed by atoms with Gasteiger partial charge in [0.2, 0.25) is 0 Å². The number of aliphatic hydroxyl groups is 1. The molecule has 0 saturated heterocycles. The fourth-order valence-electron chi connectivity index (χ4n) is 3.34. The summed E-state index contributed by atoms with van der Waals surface area (Å²) in [5.41, 5.74) is 4.66. The lowest BCUT2D eigenvalue weighted by atomic mass is 10.0. The monoisotopic (exact) mass is 566 g/mol. The second kappa shape index (κ2) is 10.7. The largest absolute Gasteiger partial charge is 0.488 e. The van der Waals surface area contributed by atoms with E-state index < -0.39 is 12.0 Å². The van der Waals surface area contributed by atoms with Crippen LogP contribution in [0.3, 0.4) is 0 Å². The molecule has 166 valence electrons. The van der Waals surface area contributed by atoms with Gasteiger partial charge < -0.3 is 9.84 Å². The number of ether oxygens (including phenoxy) is 1. The molecule has 0 heterocycles. The van der Waals surface area contributed by atoms with Crippen LogP contribution < -0.4 is 10.2 Å². The summed E-state index contributed by atoms with van der Waals surface area (Å²) in [5, 5.41) is 16.4. The van der Waals surface area contributed by atoms with Gasteiger partial charge in [-0.3, -0.25) is 4.79 Å². The highest BCUT2D eigenvalue weighted by atomic mass is 79.9. The third-order valence-electron chi connectivity index (χ3n) is 5.02. The Morgan fingerprint density at radius 2 is 1.76 bits per heavy atom. The first-order valence-electron chi connectivity index (χ1n) is 10.2. The first-order chi connectivity index (χ1) is 16.0. The van der Waals surface area contributed by atoms with E-state index in [1.54, 1.807) is 30.5 Å². The Morgan fingerprint density at radius 3 is 2.55 bits per heavy atom. The standard InChI is InChI=1S/C26H20Br2N2O3/c27-20-11-8-19(9-12-20)25(31)26(32)30-29-15-23-22-7-2-1-5-18(22)10-13-24(23)33-16-17-4-3-6-21(28)14-17/h1-15,25,31H,16H2,(H,30,32)/b29-15+. The summed E-state index contributed by atoms with van der Waals surface area (Å²) < 4.78 is 7.94. The fraction of sp³-hybridized carbons (Fsp3) is 0.0769. The van der Waals surface area contributed by atoms with E-state index in [1.165, 1.54) is 0 Å². The number of hydrogen-bond donors (Lipinski definition) is 2. The van der Waals surface area contributed by atoms with Crippen molar-refractivity contribution >= 4 is 54.8 Å². The van der Waals surface area contributed by atoms with Gasteiger partial charge in [0.25, 0.3) is 5.91 Å². The molecule has 7 heteroatoms. The summed E-state index contributed by atoms with van der Waals surface area (Å²) in [5.74, 6) is 0.0190. The van der Waals surface area contributed by atoms with Gasteiger partial charge in [0.15, 0.2) is 6.10 Å². The minimum atomic E-state index is -1.32. The Morgan fingerprint density at radius 1 is 0.970 bits per heavy atom. The number of rotatable bonds is 7. The normalized spacial score (nSPS) is 12.1. The molecule has 0 aliphatic carbocycles. The van der Waals surface area contributed by atoms with Crippen molar-refractivity contribution in [2.24, 2.45) is 5.10 Å². The fourth-order valence-corrected chi connectivity index (χ4v) is 4.05. The Bertz CT molecular complexity index is 1310. The predicted molar refractivity (Wildman–Crippen MR) is 137 cm³/mol. The number of hydrogen-bond acceptors (Lipinski definition) is 4. The van der Waals surface area contributed by atoms with E-state index in [4.69, 9.17) is 4.74 Å². The number of carbonyl (C=O) groups excluding carboxylic acids is 1. The Kier molecular flexibility index (Phi) is 7.54. The van der Waals surface area contributed by atoms with Gasteiger partial charge >= 0.3 is 0 Å². The van der Waals surface area contributed by atoms with Crippen LogP contribution in [0.4, 0.5) is 0 Å². The van der Waals surface area contributed by atoms with Crippen molar-refractivity contribution < 1.29 is 14.6 Å². The third kappa shape index (κ3) is 5.87. The van der Waals surface area contributed by atoms with Crippen LogP contribution in [0.1, 0.15) is 22.8 Å². The van der Waals surface area contributed by atoms with Crippen LogP contribution in [0.5, 0.6) is 5.75 Å². The molecule has 0 fully saturated rings. The van der Waals surface area contributed by atoms with Gasteiger partial charge in [-0.1, -0.05) is 86.5 Å². The number of benzene rings is 4. The molecule has 4 rings (SSSR count). The van der Waals surface area contributed by atoms with Gasteiger partial charge in [-0.2, -0.15) is 5.10 Å². The summed E-state index contributed by atoms with van der Waals surface area (Å²) in [6, 6.07) is 26.5. The lowest BCUT2D eigenvalue weighted by molar-refractivity contribution is -0.129. The number of aliphatic hydroxyl groups excluding tert-OH is 1. The predicted octanol–water partition coefficient (Wildman–Crippen LogP) is 6.13. The van der Waals surface area contributed by atoms with Crippen LogP contribution in [0, 0.1) is 0 Å². The van der Waals surface area contributed by atoms with E-state index in [2.05, 4.69) is 42.4 Å². The van der Waals surface area contributed by atoms with Crippen molar-refractivity contribution in [3.05, 3.63) is 111 Å². The number of nitrogens with zero attached hydrogens (tertiary/aromatic N) is 1. The second-order valence-corrected chi connectivity index (χ2v) is 9.14. The molecule has 0 radical (unpaired) electrons. The van der Waals surface area contributed by atoms with Crippen molar-refractivity contribution in [2.45, 2.75) is 12.7 Å². The summed E-state index contributed by atoms with van der Waals surface area (Å²) >= 11 is 6.81. The summed E-state index contributed by atoms with van der Waals surface area (Å²) in [7, 11) is 0. The second-order valence-electron chi connectivity index (χ2n) is 7.31. The maximum Gasteiger partial charge on any atom is 0.273 e. The molecule has 1 unspecified atom stereocenters. The third-order valence-corrected chi connectivity index (χ3v) is 6.04. The minimum Gasteiger partial charge on any atom is -0.488 e. The van der Waals surface area contributed by atoms with Gasteiger partial charge in [-0.05, 0) is 52.2 Å². The molecule has 0 saturated carbocycles. The van der Waals surface area contributed by atoms with Gasteiger partial charge in [0.1, 0.15) is 12.4 Å². The summed E-state index contributed by atoms with van der Waals surface area (Å²) in [4.78, 5) is 12.4. The van der Waals surface area contributed by atoms with Crippen molar-refractivity contribution in [1.29, 1.82) is 0 Å². The molecule has 5 nitrogen and oxygen atoms in total. The Labute approximate surface area is 208 Å². The molecule has 4 aromatic carbocycles. The average molecular weight is 568 g/mol. The van der Waals surface area contributed by atoms with E-state index in [9.17, 15) is 9.90 Å². The molecule has 33 heavy (non-hydrogen) atoms. The summed E-state index contributed by atoms with van der Waals surface area (Å²) in [6.45, 7) is 0.382. The topological polar surface area (TPSA) is 70.9 Å². The zero-order valence-corrected chi connectivity index (χ0v) is 20.6. The Balaban J connectivity index is 1.54. The van der Waals surface area contributed by atoms with Crippen LogP contribution in [-0.4, -0.2) is 17.2 Å². The molecular formula is C26H20Br2N2O3. The maximum atomic E-state index is 12.4. The highest BCUT2D eigenvalue weighted by Crippen LogP contribution is 2.28. The zero-order chi connectivity index (χ0) is 23.2. The molecule has 1 amide bonds. The van der Waals surface area contributed by atoms with Crippen LogP contribution in [-0.2, 0) is 11.4 Å². The van der Waals surface area contributed by atoms with Crippen molar-refractivity contribution in [3.63, 3.8) is 0 Å². The first kappa shape index (κ1) is 23.2. The van der Waals surface area contributed by atoms with E-state index in [0.717, 1.165) is 30.8 Å². The minimum absolute atomic E-state index is 0.382. The molecular weight excluding hydrogens is 548 g/mol. The molecule has 1 atom stereocenters. The van der Waals surface area contributed by atoms with Crippen LogP contribution in [0.15, 0.2) is 99.0 Å². The SMILES string of the molecule is O=C(N/N=C/c1c(OCc2cccc(Br)c2)ccc2ccccc12)C(O)c1ccc(Br)cc1. The molecule has 0 aromatic heterocycles. The number of hydrazone groups is 1. The first-order valence-corrected chi connectivity index (χ1v) is 11.8. The highest BCUT2D eigenvalue weighted by Gasteiger charge is 2.16. The van der Waals surface area contributed by atoms with Gasteiger partial charge in [0.05, 0.1) is 6.21 Å². The molecule has 0 bridgehead atoms. The highest BCUT2D eigenvalue weighted by molar-refractivity contribution is 9.10. The lowest BCUT2D eigenvalue weighted by Crippen LogP contribution is -2.25. The van der Waals surface area contributed by atoms with E-state index in [0.29, 0.717) is 17.9 Å². The van der Waals surface area contributed by atoms with Gasteiger partial charge in [-0.25, -0.2) is 5.43 Å². The van der Waals surface area contributed by atoms with Crippen molar-refractivity contribution in [3.8, 4) is 5.75 Å². The smallest absolute Gasteiger partial charge is 0.273 e. The number of amides is 1. The molecule has 4 aromatic rings. The maximum absolute atomic E-state index is 12.4. The lowest BCUT2D eigenvalue weighted by Gasteiger charge is -2.12. The van der Waals surface area contributed by atoms with E-state index >= 15 is 0 Å². The number of fused-ring (bicyclic) bond motifs is 1. The quantitative estimate of drug-likeness (QED) is 0.208. The van der Waals surface area contributed by atoms with Crippen LogP contribution in [0.2, 0.25) is 0 Å². The summed E-state index contributed by atoms with van der Waals surface area (Å²) in [6.07, 6.45) is 0.222. The molecule has 0 spiro atoms. The van der Waals surface area contributed by atoms with E-state index in [-0.39, 0.29) is 0 Å². The number of nitrogens with one attached hydrogen (secondary N) is 1. The van der Waals surface area contributed by atoms with Crippen LogP contribution in [0.25, 0.3) is 10.8 Å². The number of halogens is 2. The van der Waals surface area contributed by atoms with Gasteiger partial charge in [-0.15, -0.1) is 0 Å². The van der Waals surface area contributed by atoms with Crippen molar-refractivity contribution in [2.75, 3.05) is 0 Å². The van der Waals surface area contributed by atoms with Crippen molar-refractivity contribution in [1.82, 2.24) is 5.43 Å². The Hall–Kier alpha value is -3.00. The zero-order valence-electron chi connectivity index (χ0n) is 17.4. The average Bonchev–Trinajstić information content (AvgIpc) is 2.83.